The number of aryl methyl sites for hydroxylation is 2. The van der Waals surface area contributed by atoms with Crippen molar-refractivity contribution in [3.05, 3.63) is 64.2 Å². The van der Waals surface area contributed by atoms with Crippen LogP contribution in [0.25, 0.3) is 0 Å². The van der Waals surface area contributed by atoms with E-state index in [-0.39, 0.29) is 5.91 Å². The molecule has 1 N–H and O–H groups in total. The maximum absolute atomic E-state index is 12.1. The van der Waals surface area contributed by atoms with Gasteiger partial charge in [-0.25, -0.2) is 0 Å². The number of rotatable bonds is 6. The van der Waals surface area contributed by atoms with Crippen LogP contribution in [0.15, 0.2) is 42.5 Å². The maximum atomic E-state index is 12.1. The number of benzene rings is 2. The maximum Gasteiger partial charge on any atom is 0.234 e. The first-order chi connectivity index (χ1) is 10.6. The Labute approximate surface area is 141 Å². The molecule has 4 heteroatoms. The van der Waals surface area contributed by atoms with Crippen LogP contribution in [0.5, 0.6) is 0 Å². The van der Waals surface area contributed by atoms with E-state index in [1.807, 2.05) is 43.3 Å². The van der Waals surface area contributed by atoms with Gasteiger partial charge in [-0.2, -0.15) is 0 Å². The fourth-order valence-corrected chi connectivity index (χ4v) is 3.25. The summed E-state index contributed by atoms with van der Waals surface area (Å²) in [6, 6.07) is 13.8. The Bertz CT molecular complexity index is 657. The van der Waals surface area contributed by atoms with Crippen molar-refractivity contribution in [1.29, 1.82) is 0 Å². The topological polar surface area (TPSA) is 29.1 Å². The van der Waals surface area contributed by atoms with Gasteiger partial charge in [0.05, 0.1) is 5.75 Å². The van der Waals surface area contributed by atoms with Gasteiger partial charge < -0.3 is 5.32 Å². The smallest absolute Gasteiger partial charge is 0.234 e. The van der Waals surface area contributed by atoms with E-state index >= 15 is 0 Å². The molecule has 0 heterocycles. The van der Waals surface area contributed by atoms with Crippen molar-refractivity contribution in [2.75, 3.05) is 11.1 Å². The molecular formula is C18H20ClNOS. The molecule has 22 heavy (non-hydrogen) atoms. The van der Waals surface area contributed by atoms with Crippen LogP contribution in [0.4, 0.5) is 5.69 Å². The Hall–Kier alpha value is -1.45. The predicted octanol–water partition coefficient (Wildman–Crippen LogP) is 5.08. The summed E-state index contributed by atoms with van der Waals surface area (Å²) in [4.78, 5) is 12.1. The van der Waals surface area contributed by atoms with Gasteiger partial charge in [-0.15, -0.1) is 11.8 Å². The van der Waals surface area contributed by atoms with Gasteiger partial charge in [0.15, 0.2) is 0 Å². The number of nitrogens with one attached hydrogen (secondary N) is 1. The zero-order valence-corrected chi connectivity index (χ0v) is 14.4. The molecule has 0 radical (unpaired) electrons. The van der Waals surface area contributed by atoms with Crippen molar-refractivity contribution in [2.24, 2.45) is 0 Å². The van der Waals surface area contributed by atoms with Gasteiger partial charge in [-0.1, -0.05) is 48.9 Å². The van der Waals surface area contributed by atoms with E-state index in [1.54, 1.807) is 11.8 Å². The molecule has 0 aliphatic carbocycles. The zero-order valence-electron chi connectivity index (χ0n) is 12.9. The number of hydrogen-bond acceptors (Lipinski definition) is 2. The van der Waals surface area contributed by atoms with E-state index < -0.39 is 0 Å². The van der Waals surface area contributed by atoms with Crippen molar-refractivity contribution in [3.8, 4) is 0 Å². The third-order valence-corrected chi connectivity index (χ3v) is 4.63. The van der Waals surface area contributed by atoms with Crippen LogP contribution >= 0.6 is 23.4 Å². The van der Waals surface area contributed by atoms with Gasteiger partial charge in [0.25, 0.3) is 0 Å². The summed E-state index contributed by atoms with van der Waals surface area (Å²) in [6.07, 6.45) is 0.910. The number of para-hydroxylation sites is 1. The lowest BCUT2D eigenvalue weighted by Crippen LogP contribution is -2.16. The second kappa shape index (κ2) is 8.25. The van der Waals surface area contributed by atoms with Crippen LogP contribution in [0, 0.1) is 6.92 Å². The molecule has 0 unspecified atom stereocenters. The first-order valence-corrected chi connectivity index (χ1v) is 8.84. The second-order valence-corrected chi connectivity index (χ2v) is 6.56. The van der Waals surface area contributed by atoms with Crippen molar-refractivity contribution in [1.82, 2.24) is 0 Å². The number of anilines is 1. The molecule has 0 fully saturated rings. The molecule has 0 aliphatic rings. The van der Waals surface area contributed by atoms with Gasteiger partial charge in [0.1, 0.15) is 0 Å². The Morgan fingerprint density at radius 2 is 2.00 bits per heavy atom. The summed E-state index contributed by atoms with van der Waals surface area (Å²) in [7, 11) is 0. The summed E-state index contributed by atoms with van der Waals surface area (Å²) in [5.74, 6) is 1.25. The number of hydrogen-bond donors (Lipinski definition) is 1. The standard InChI is InChI=1S/C18H20ClNOS/c1-3-15-8-4-6-13(2)18(15)20-17(21)12-22-11-14-7-5-9-16(19)10-14/h4-10H,3,11-12H2,1-2H3,(H,20,21). The number of amides is 1. The van der Waals surface area contributed by atoms with Gasteiger partial charge in [0, 0.05) is 16.5 Å². The highest BCUT2D eigenvalue weighted by atomic mass is 35.5. The first-order valence-electron chi connectivity index (χ1n) is 7.30. The minimum absolute atomic E-state index is 0.0380. The Balaban J connectivity index is 1.89. The molecule has 0 aromatic heterocycles. The molecule has 0 bridgehead atoms. The van der Waals surface area contributed by atoms with Crippen molar-refractivity contribution in [3.63, 3.8) is 0 Å². The zero-order chi connectivity index (χ0) is 15.9. The highest BCUT2D eigenvalue weighted by Crippen LogP contribution is 2.22. The lowest BCUT2D eigenvalue weighted by atomic mass is 10.1. The Kier molecular flexibility index (Phi) is 6.34. The molecule has 0 atom stereocenters. The van der Waals surface area contributed by atoms with E-state index in [0.717, 1.165) is 34.0 Å². The predicted molar refractivity (Wildman–Crippen MR) is 96.8 cm³/mol. The number of halogens is 1. The molecule has 2 rings (SSSR count). The summed E-state index contributed by atoms with van der Waals surface area (Å²) in [6.45, 7) is 4.12. The van der Waals surface area contributed by atoms with Gasteiger partial charge in [-0.05, 0) is 42.2 Å². The monoisotopic (exact) mass is 333 g/mol. The highest BCUT2D eigenvalue weighted by Gasteiger charge is 2.08. The fraction of sp³-hybridized carbons (Fsp3) is 0.278. The molecule has 0 aliphatic heterocycles. The highest BCUT2D eigenvalue weighted by molar-refractivity contribution is 7.99. The van der Waals surface area contributed by atoms with E-state index in [4.69, 9.17) is 11.6 Å². The number of carbonyl (C=O) groups is 1. The molecule has 0 saturated carbocycles. The molecule has 116 valence electrons. The van der Waals surface area contributed by atoms with Crippen LogP contribution in [-0.4, -0.2) is 11.7 Å². The van der Waals surface area contributed by atoms with Crippen LogP contribution in [-0.2, 0) is 17.0 Å². The first kappa shape index (κ1) is 16.9. The molecule has 2 nitrogen and oxygen atoms in total. The normalized spacial score (nSPS) is 10.5. The minimum Gasteiger partial charge on any atom is -0.325 e. The molecule has 1 amide bonds. The second-order valence-electron chi connectivity index (χ2n) is 5.13. The van der Waals surface area contributed by atoms with E-state index in [1.165, 1.54) is 5.56 Å². The third-order valence-electron chi connectivity index (χ3n) is 3.40. The van der Waals surface area contributed by atoms with E-state index in [2.05, 4.69) is 18.3 Å². The van der Waals surface area contributed by atoms with Crippen LogP contribution in [0.2, 0.25) is 5.02 Å². The van der Waals surface area contributed by atoms with Crippen molar-refractivity contribution in [2.45, 2.75) is 26.0 Å². The van der Waals surface area contributed by atoms with Gasteiger partial charge in [0.2, 0.25) is 5.91 Å². The van der Waals surface area contributed by atoms with Crippen molar-refractivity contribution >= 4 is 35.0 Å². The Morgan fingerprint density at radius 1 is 1.23 bits per heavy atom. The van der Waals surface area contributed by atoms with Crippen molar-refractivity contribution < 1.29 is 4.79 Å². The molecule has 0 spiro atoms. The molecule has 2 aromatic rings. The largest absolute Gasteiger partial charge is 0.325 e. The SMILES string of the molecule is CCc1cccc(C)c1NC(=O)CSCc1cccc(Cl)c1. The number of carbonyl (C=O) groups excluding carboxylic acids is 1. The molecule has 2 aromatic carbocycles. The summed E-state index contributed by atoms with van der Waals surface area (Å²) < 4.78 is 0. The lowest BCUT2D eigenvalue weighted by molar-refractivity contribution is -0.113. The van der Waals surface area contributed by atoms with Crippen LogP contribution in [0.1, 0.15) is 23.6 Å². The fourth-order valence-electron chi connectivity index (χ4n) is 2.27. The average molecular weight is 334 g/mol. The third kappa shape index (κ3) is 4.79. The Morgan fingerprint density at radius 3 is 2.73 bits per heavy atom. The van der Waals surface area contributed by atoms with Crippen LogP contribution in [0.3, 0.4) is 0 Å². The minimum atomic E-state index is 0.0380. The summed E-state index contributed by atoms with van der Waals surface area (Å²) >= 11 is 7.55. The van der Waals surface area contributed by atoms with Crippen LogP contribution < -0.4 is 5.32 Å². The molecular weight excluding hydrogens is 314 g/mol. The number of thioether (sulfide) groups is 1. The van der Waals surface area contributed by atoms with E-state index in [0.29, 0.717) is 5.75 Å². The molecule has 0 saturated heterocycles. The van der Waals surface area contributed by atoms with Gasteiger partial charge >= 0.3 is 0 Å². The summed E-state index contributed by atoms with van der Waals surface area (Å²) in [5, 5.41) is 3.77. The van der Waals surface area contributed by atoms with E-state index in [9.17, 15) is 4.79 Å². The van der Waals surface area contributed by atoms with Gasteiger partial charge in [-0.3, -0.25) is 4.79 Å². The summed E-state index contributed by atoms with van der Waals surface area (Å²) in [5.41, 5.74) is 4.37. The lowest BCUT2D eigenvalue weighted by Gasteiger charge is -2.12. The quantitative estimate of drug-likeness (QED) is 0.798. The average Bonchev–Trinajstić information content (AvgIpc) is 2.49.